The van der Waals surface area contributed by atoms with Gasteiger partial charge in [-0.25, -0.2) is 0 Å². The molecule has 0 spiro atoms. The van der Waals surface area contributed by atoms with Gasteiger partial charge in [-0.1, -0.05) is 49.5 Å². The lowest BCUT2D eigenvalue weighted by molar-refractivity contribution is -0.138. The zero-order valence-corrected chi connectivity index (χ0v) is 14.3. The maximum absolute atomic E-state index is 13.0. The van der Waals surface area contributed by atoms with Crippen LogP contribution in [0.15, 0.2) is 40.9 Å². The number of halogens is 6. The molecule has 0 saturated carbocycles. The Kier molecular flexibility index (Phi) is 5.22. The molecule has 0 amide bonds. The van der Waals surface area contributed by atoms with Crippen LogP contribution in [-0.2, 0) is 11.5 Å². The summed E-state index contributed by atoms with van der Waals surface area (Å²) < 4.78 is 45.1. The third-order valence-corrected chi connectivity index (χ3v) is 4.05. The standard InChI is InChI=1S/C14H8Br2ClF3O/c15-7-8-1-3-10(6-11(8)14(18,19)20)21-13-4-2-9(16)5-12(13)17/h1-6H,7H2. The van der Waals surface area contributed by atoms with Crippen LogP contribution in [-0.4, -0.2) is 0 Å². The number of alkyl halides is 4. The Hall–Kier alpha value is -0.720. The Morgan fingerprint density at radius 1 is 1.10 bits per heavy atom. The van der Waals surface area contributed by atoms with Gasteiger partial charge in [-0.15, -0.1) is 0 Å². The van der Waals surface area contributed by atoms with Crippen LogP contribution in [0, 0.1) is 0 Å². The second kappa shape index (κ2) is 6.58. The van der Waals surface area contributed by atoms with E-state index >= 15 is 0 Å². The minimum Gasteiger partial charge on any atom is -0.456 e. The van der Waals surface area contributed by atoms with Crippen LogP contribution in [0.1, 0.15) is 11.1 Å². The molecular formula is C14H8Br2ClF3O. The van der Waals surface area contributed by atoms with Crippen LogP contribution >= 0.6 is 43.5 Å². The van der Waals surface area contributed by atoms with Crippen molar-refractivity contribution in [2.45, 2.75) is 11.5 Å². The van der Waals surface area contributed by atoms with Crippen molar-refractivity contribution in [3.63, 3.8) is 0 Å². The van der Waals surface area contributed by atoms with Crippen molar-refractivity contribution in [2.75, 3.05) is 0 Å². The van der Waals surface area contributed by atoms with Crippen LogP contribution in [0.25, 0.3) is 0 Å². The molecule has 0 N–H and O–H groups in total. The summed E-state index contributed by atoms with van der Waals surface area (Å²) in [5, 5.41) is 0.420. The Labute approximate surface area is 141 Å². The molecule has 0 aliphatic heterocycles. The molecule has 0 bridgehead atoms. The highest BCUT2D eigenvalue weighted by molar-refractivity contribution is 9.10. The first-order chi connectivity index (χ1) is 9.81. The maximum atomic E-state index is 13.0. The van der Waals surface area contributed by atoms with E-state index in [1.165, 1.54) is 12.1 Å². The summed E-state index contributed by atoms with van der Waals surface area (Å²) >= 11 is 12.3. The third-order valence-electron chi connectivity index (χ3n) is 2.65. The molecule has 0 aliphatic rings. The second-order valence-electron chi connectivity index (χ2n) is 4.13. The summed E-state index contributed by atoms with van der Waals surface area (Å²) in [6.45, 7) is 0. The second-order valence-corrected chi connectivity index (χ2v) is 6.01. The summed E-state index contributed by atoms with van der Waals surface area (Å²) in [5.41, 5.74) is -0.582. The lowest BCUT2D eigenvalue weighted by Gasteiger charge is -2.14. The van der Waals surface area contributed by atoms with Gasteiger partial charge >= 0.3 is 6.18 Å². The fraction of sp³-hybridized carbons (Fsp3) is 0.143. The van der Waals surface area contributed by atoms with E-state index in [1.807, 2.05) is 0 Å². The molecule has 0 heterocycles. The van der Waals surface area contributed by atoms with E-state index < -0.39 is 11.7 Å². The van der Waals surface area contributed by atoms with E-state index in [2.05, 4.69) is 31.9 Å². The average molecular weight is 444 g/mol. The number of hydrogen-bond acceptors (Lipinski definition) is 1. The maximum Gasteiger partial charge on any atom is 0.416 e. The summed E-state index contributed by atoms with van der Waals surface area (Å²) in [7, 11) is 0. The minimum absolute atomic E-state index is 0.0799. The predicted octanol–water partition coefficient (Wildman–Crippen LogP) is 6.81. The van der Waals surface area contributed by atoms with Crippen molar-refractivity contribution in [3.8, 4) is 11.5 Å². The van der Waals surface area contributed by atoms with Gasteiger partial charge in [0.15, 0.2) is 0 Å². The summed E-state index contributed by atoms with van der Waals surface area (Å²) in [6.07, 6.45) is -4.44. The molecule has 2 rings (SSSR count). The first kappa shape index (κ1) is 16.6. The molecule has 0 radical (unpaired) electrons. The van der Waals surface area contributed by atoms with Crippen molar-refractivity contribution in [2.24, 2.45) is 0 Å². The van der Waals surface area contributed by atoms with Gasteiger partial charge in [0.1, 0.15) is 11.5 Å². The van der Waals surface area contributed by atoms with Crippen LogP contribution < -0.4 is 4.74 Å². The summed E-state index contributed by atoms with van der Waals surface area (Å²) in [4.78, 5) is 0. The van der Waals surface area contributed by atoms with Gasteiger partial charge in [-0.3, -0.25) is 0 Å². The summed E-state index contributed by atoms with van der Waals surface area (Å²) in [6, 6.07) is 8.70. The largest absolute Gasteiger partial charge is 0.456 e. The molecule has 112 valence electrons. The topological polar surface area (TPSA) is 9.23 Å². The van der Waals surface area contributed by atoms with Crippen LogP contribution in [0.3, 0.4) is 0 Å². The molecule has 21 heavy (non-hydrogen) atoms. The molecule has 0 aliphatic carbocycles. The molecule has 2 aromatic rings. The smallest absolute Gasteiger partial charge is 0.416 e. The normalized spacial score (nSPS) is 11.5. The molecule has 0 aromatic heterocycles. The Balaban J connectivity index is 2.37. The molecule has 0 unspecified atom stereocenters. The first-order valence-electron chi connectivity index (χ1n) is 5.70. The summed E-state index contributed by atoms with van der Waals surface area (Å²) in [5.74, 6) is 0.371. The van der Waals surface area contributed by atoms with Crippen molar-refractivity contribution in [1.82, 2.24) is 0 Å². The molecule has 1 nitrogen and oxygen atoms in total. The number of rotatable bonds is 3. The first-order valence-corrected chi connectivity index (χ1v) is 7.99. The SMILES string of the molecule is FC(F)(F)c1cc(Oc2ccc(Br)cc2Cl)ccc1CBr. The Bertz CT molecular complexity index is 659. The zero-order chi connectivity index (χ0) is 15.6. The molecule has 0 saturated heterocycles. The van der Waals surface area contributed by atoms with Gasteiger partial charge in [0.2, 0.25) is 0 Å². The van der Waals surface area contributed by atoms with Crippen molar-refractivity contribution in [3.05, 3.63) is 57.0 Å². The lowest BCUT2D eigenvalue weighted by Crippen LogP contribution is -2.08. The van der Waals surface area contributed by atoms with E-state index in [-0.39, 0.29) is 16.6 Å². The van der Waals surface area contributed by atoms with Crippen LogP contribution in [0.2, 0.25) is 5.02 Å². The van der Waals surface area contributed by atoms with Gasteiger partial charge in [0, 0.05) is 9.80 Å². The highest BCUT2D eigenvalue weighted by Gasteiger charge is 2.33. The quantitative estimate of drug-likeness (QED) is 0.473. The van der Waals surface area contributed by atoms with E-state index in [4.69, 9.17) is 16.3 Å². The van der Waals surface area contributed by atoms with E-state index in [0.29, 0.717) is 10.8 Å². The molecule has 2 aromatic carbocycles. The van der Waals surface area contributed by atoms with Crippen LogP contribution in [0.5, 0.6) is 11.5 Å². The van der Waals surface area contributed by atoms with Gasteiger partial charge in [-0.2, -0.15) is 13.2 Å². The molecular weight excluding hydrogens is 436 g/mol. The zero-order valence-electron chi connectivity index (χ0n) is 10.3. The predicted molar refractivity (Wildman–Crippen MR) is 83.3 cm³/mol. The highest BCUT2D eigenvalue weighted by Crippen LogP contribution is 2.37. The van der Waals surface area contributed by atoms with E-state index in [0.717, 1.165) is 10.5 Å². The van der Waals surface area contributed by atoms with Gasteiger partial charge < -0.3 is 4.74 Å². The highest BCUT2D eigenvalue weighted by atomic mass is 79.9. The molecule has 0 fully saturated rings. The fourth-order valence-electron chi connectivity index (χ4n) is 1.68. The molecule has 7 heteroatoms. The Morgan fingerprint density at radius 2 is 1.81 bits per heavy atom. The fourth-order valence-corrected chi connectivity index (χ4v) is 2.89. The minimum atomic E-state index is -4.44. The third kappa shape index (κ3) is 4.14. The van der Waals surface area contributed by atoms with Crippen molar-refractivity contribution in [1.29, 1.82) is 0 Å². The van der Waals surface area contributed by atoms with Gasteiger partial charge in [-0.05, 0) is 35.9 Å². The van der Waals surface area contributed by atoms with Gasteiger partial charge in [0.05, 0.1) is 10.6 Å². The van der Waals surface area contributed by atoms with E-state index in [1.54, 1.807) is 18.2 Å². The average Bonchev–Trinajstić information content (AvgIpc) is 2.41. The molecule has 0 atom stereocenters. The van der Waals surface area contributed by atoms with Crippen molar-refractivity contribution >= 4 is 43.5 Å². The lowest BCUT2D eigenvalue weighted by atomic mass is 10.1. The van der Waals surface area contributed by atoms with Crippen molar-refractivity contribution < 1.29 is 17.9 Å². The Morgan fingerprint density at radius 3 is 2.38 bits per heavy atom. The van der Waals surface area contributed by atoms with Gasteiger partial charge in [0.25, 0.3) is 0 Å². The number of hydrogen-bond donors (Lipinski definition) is 0. The number of benzene rings is 2. The monoisotopic (exact) mass is 442 g/mol. The van der Waals surface area contributed by atoms with Crippen LogP contribution in [0.4, 0.5) is 13.2 Å². The van der Waals surface area contributed by atoms with E-state index in [9.17, 15) is 13.2 Å². The number of ether oxygens (including phenoxy) is 1.